The first-order chi connectivity index (χ1) is 13.4. The van der Waals surface area contributed by atoms with Crippen LogP contribution in [0.2, 0.25) is 5.15 Å². The van der Waals surface area contributed by atoms with Crippen molar-refractivity contribution < 1.29 is 4.74 Å². The third kappa shape index (κ3) is 8.72. The Morgan fingerprint density at radius 1 is 1.11 bits per heavy atom. The molecule has 1 aromatic carbocycles. The highest BCUT2D eigenvalue weighted by atomic mass is 35.5. The Kier molecular flexibility index (Phi) is 8.74. The first kappa shape index (κ1) is 22.2. The molecule has 6 heteroatoms. The average Bonchev–Trinajstić information content (AvgIpc) is 2.66. The van der Waals surface area contributed by atoms with Crippen LogP contribution in [0.15, 0.2) is 47.6 Å². The van der Waals surface area contributed by atoms with Crippen molar-refractivity contribution in [3.63, 3.8) is 0 Å². The van der Waals surface area contributed by atoms with E-state index in [4.69, 9.17) is 21.3 Å². The molecular weight excluding hydrogens is 372 g/mol. The zero-order valence-corrected chi connectivity index (χ0v) is 18.0. The first-order valence-corrected chi connectivity index (χ1v) is 10.1. The second kappa shape index (κ2) is 11.0. The lowest BCUT2D eigenvalue weighted by Gasteiger charge is -2.19. The van der Waals surface area contributed by atoms with Crippen LogP contribution in [0.3, 0.4) is 0 Å². The Bertz CT molecular complexity index is 754. The van der Waals surface area contributed by atoms with Crippen molar-refractivity contribution in [3.05, 3.63) is 64.4 Å². The molecule has 0 amide bonds. The maximum absolute atomic E-state index is 5.86. The van der Waals surface area contributed by atoms with Crippen LogP contribution in [-0.4, -0.2) is 29.6 Å². The van der Waals surface area contributed by atoms with Crippen LogP contribution < -0.4 is 10.6 Å². The summed E-state index contributed by atoms with van der Waals surface area (Å²) in [4.78, 5) is 8.81. The maximum Gasteiger partial charge on any atom is 0.191 e. The molecule has 0 bridgehead atoms. The van der Waals surface area contributed by atoms with Gasteiger partial charge in [-0.3, -0.25) is 0 Å². The van der Waals surface area contributed by atoms with E-state index < -0.39 is 0 Å². The maximum atomic E-state index is 5.86. The van der Waals surface area contributed by atoms with Gasteiger partial charge in [0.15, 0.2) is 5.96 Å². The third-order valence-corrected chi connectivity index (χ3v) is 4.15. The predicted molar refractivity (Wildman–Crippen MR) is 117 cm³/mol. The number of nitrogens with zero attached hydrogens (tertiary/aromatic N) is 2. The van der Waals surface area contributed by atoms with Crippen LogP contribution in [0.4, 0.5) is 0 Å². The van der Waals surface area contributed by atoms with E-state index in [1.165, 1.54) is 0 Å². The molecule has 0 fully saturated rings. The first-order valence-electron chi connectivity index (χ1n) is 9.70. The zero-order chi connectivity index (χ0) is 20.4. The summed E-state index contributed by atoms with van der Waals surface area (Å²) in [6.45, 7) is 11.1. The largest absolute Gasteiger partial charge is 0.371 e. The number of benzene rings is 1. The second-order valence-electron chi connectivity index (χ2n) is 7.58. The monoisotopic (exact) mass is 402 g/mol. The van der Waals surface area contributed by atoms with E-state index in [-0.39, 0.29) is 5.60 Å². The van der Waals surface area contributed by atoms with E-state index in [2.05, 4.69) is 67.6 Å². The van der Waals surface area contributed by atoms with Gasteiger partial charge in [-0.1, -0.05) is 41.9 Å². The van der Waals surface area contributed by atoms with Gasteiger partial charge >= 0.3 is 0 Å². The normalized spacial score (nSPS) is 12.1. The van der Waals surface area contributed by atoms with Crippen LogP contribution in [0.25, 0.3) is 0 Å². The molecule has 1 aromatic heterocycles. The second-order valence-corrected chi connectivity index (χ2v) is 7.97. The van der Waals surface area contributed by atoms with Gasteiger partial charge in [0.05, 0.1) is 18.8 Å². The van der Waals surface area contributed by atoms with Gasteiger partial charge in [0.2, 0.25) is 0 Å². The number of hydrogen-bond donors (Lipinski definition) is 2. The molecule has 0 aliphatic rings. The van der Waals surface area contributed by atoms with E-state index >= 15 is 0 Å². The molecule has 5 nitrogen and oxygen atoms in total. The van der Waals surface area contributed by atoms with E-state index in [0.29, 0.717) is 18.3 Å². The number of guanidine groups is 1. The van der Waals surface area contributed by atoms with Crippen molar-refractivity contribution in [1.82, 2.24) is 15.6 Å². The number of ether oxygens (including phenoxy) is 1. The number of aliphatic imine (C=N–C) groups is 1. The van der Waals surface area contributed by atoms with Crippen LogP contribution >= 0.6 is 11.6 Å². The molecule has 152 valence electrons. The Morgan fingerprint density at radius 2 is 1.89 bits per heavy atom. The minimum absolute atomic E-state index is 0.143. The average molecular weight is 403 g/mol. The molecule has 0 unspecified atom stereocenters. The summed E-state index contributed by atoms with van der Waals surface area (Å²) < 4.78 is 5.86. The molecule has 0 saturated heterocycles. The van der Waals surface area contributed by atoms with Gasteiger partial charge in [-0.05, 0) is 56.9 Å². The van der Waals surface area contributed by atoms with E-state index in [1.807, 2.05) is 12.1 Å². The smallest absolute Gasteiger partial charge is 0.191 e. The Labute approximate surface area is 173 Å². The van der Waals surface area contributed by atoms with Crippen molar-refractivity contribution in [2.75, 3.05) is 13.1 Å². The fourth-order valence-corrected chi connectivity index (χ4v) is 2.62. The molecular formula is C22H31ClN4O. The van der Waals surface area contributed by atoms with Crippen molar-refractivity contribution in [2.45, 2.75) is 52.9 Å². The highest BCUT2D eigenvalue weighted by Crippen LogP contribution is 2.13. The number of hydrogen-bond acceptors (Lipinski definition) is 3. The van der Waals surface area contributed by atoms with Crippen molar-refractivity contribution >= 4 is 17.6 Å². The lowest BCUT2D eigenvalue weighted by atomic mass is 10.1. The van der Waals surface area contributed by atoms with Crippen LogP contribution in [0, 0.1) is 0 Å². The van der Waals surface area contributed by atoms with Crippen molar-refractivity contribution in [2.24, 2.45) is 4.99 Å². The molecule has 0 radical (unpaired) electrons. The van der Waals surface area contributed by atoms with Gasteiger partial charge < -0.3 is 15.4 Å². The van der Waals surface area contributed by atoms with Crippen LogP contribution in [0.5, 0.6) is 0 Å². The molecule has 1 heterocycles. The number of pyridine rings is 1. The van der Waals surface area contributed by atoms with Gasteiger partial charge in [0.1, 0.15) is 5.15 Å². The van der Waals surface area contributed by atoms with Crippen molar-refractivity contribution in [1.29, 1.82) is 0 Å². The summed E-state index contributed by atoms with van der Waals surface area (Å²) in [7, 11) is 0. The fraction of sp³-hybridized carbons (Fsp3) is 0.455. The molecule has 2 aromatic rings. The van der Waals surface area contributed by atoms with E-state index in [0.717, 1.165) is 42.2 Å². The zero-order valence-electron chi connectivity index (χ0n) is 17.3. The molecule has 0 atom stereocenters. The third-order valence-electron chi connectivity index (χ3n) is 3.92. The molecule has 28 heavy (non-hydrogen) atoms. The minimum atomic E-state index is -0.143. The lowest BCUT2D eigenvalue weighted by molar-refractivity contribution is -0.0149. The standard InChI is InChI=1S/C22H31ClN4O/c1-5-24-21(25-12-11-17-9-10-20(23)26-14-17)27-15-18-7-6-8-19(13-18)16-28-22(2,3)4/h6-10,13-14H,5,11-12,15-16H2,1-4H3,(H2,24,25,27). The highest BCUT2D eigenvalue weighted by Gasteiger charge is 2.10. The summed E-state index contributed by atoms with van der Waals surface area (Å²) >= 11 is 5.83. The predicted octanol–water partition coefficient (Wildman–Crippen LogP) is 4.35. The topological polar surface area (TPSA) is 58.5 Å². The van der Waals surface area contributed by atoms with Gasteiger partial charge in [0, 0.05) is 19.3 Å². The van der Waals surface area contributed by atoms with E-state index in [1.54, 1.807) is 6.20 Å². The number of nitrogens with one attached hydrogen (secondary N) is 2. The molecule has 0 spiro atoms. The number of halogens is 1. The Balaban J connectivity index is 1.89. The summed E-state index contributed by atoms with van der Waals surface area (Å²) in [5, 5.41) is 7.17. The van der Waals surface area contributed by atoms with Gasteiger partial charge in [-0.2, -0.15) is 0 Å². The number of rotatable bonds is 8. The minimum Gasteiger partial charge on any atom is -0.371 e. The Hall–Kier alpha value is -2.11. The molecule has 0 aliphatic heterocycles. The fourth-order valence-electron chi connectivity index (χ4n) is 2.51. The van der Waals surface area contributed by atoms with Crippen molar-refractivity contribution in [3.8, 4) is 0 Å². The molecule has 0 saturated carbocycles. The quantitative estimate of drug-likeness (QED) is 0.391. The Morgan fingerprint density at radius 3 is 2.57 bits per heavy atom. The summed E-state index contributed by atoms with van der Waals surface area (Å²) in [6, 6.07) is 12.2. The van der Waals surface area contributed by atoms with Gasteiger partial charge in [0.25, 0.3) is 0 Å². The SMILES string of the molecule is CCNC(=NCc1cccc(COC(C)(C)C)c1)NCCc1ccc(Cl)nc1. The van der Waals surface area contributed by atoms with Crippen LogP contribution in [-0.2, 0) is 24.3 Å². The highest BCUT2D eigenvalue weighted by molar-refractivity contribution is 6.29. The summed E-state index contributed by atoms with van der Waals surface area (Å²) in [5.74, 6) is 0.806. The summed E-state index contributed by atoms with van der Waals surface area (Å²) in [6.07, 6.45) is 2.66. The van der Waals surface area contributed by atoms with Crippen LogP contribution in [0.1, 0.15) is 44.4 Å². The van der Waals surface area contributed by atoms with E-state index in [9.17, 15) is 0 Å². The van der Waals surface area contributed by atoms with Gasteiger partial charge in [-0.15, -0.1) is 0 Å². The molecule has 0 aliphatic carbocycles. The van der Waals surface area contributed by atoms with Gasteiger partial charge in [-0.25, -0.2) is 9.98 Å². The molecule has 2 N–H and O–H groups in total. The lowest BCUT2D eigenvalue weighted by Crippen LogP contribution is -2.38. The summed E-state index contributed by atoms with van der Waals surface area (Å²) in [5.41, 5.74) is 3.32. The molecule has 2 rings (SSSR count). The number of aromatic nitrogens is 1.